The number of carbonyl (C=O) groups is 2. The molecule has 0 saturated carbocycles. The maximum absolute atomic E-state index is 11.9. The zero-order valence-corrected chi connectivity index (χ0v) is 14.1. The number of nitrogens with two attached hydrogens (primary N) is 1. The molecule has 0 aromatic heterocycles. The Balaban J connectivity index is 2.48. The molecular weight excluding hydrogens is 300 g/mol. The standard InChI is InChI=1S/C16H24N2O3S/c1-11(2)15(17)16(20)18-13-6-4-5-12(9-13)10-22-8-7-14(19)21-3/h4-6,9,11,15H,7-8,10,17H2,1-3H3,(H,18,20)/t15-/m0/s1. The summed E-state index contributed by atoms with van der Waals surface area (Å²) in [7, 11) is 1.39. The van der Waals surface area contributed by atoms with Crippen molar-refractivity contribution in [3.05, 3.63) is 29.8 Å². The molecule has 0 fully saturated rings. The van der Waals surface area contributed by atoms with Crippen molar-refractivity contribution in [3.8, 4) is 0 Å². The molecule has 1 aromatic rings. The van der Waals surface area contributed by atoms with E-state index in [4.69, 9.17) is 5.73 Å². The minimum atomic E-state index is -0.516. The van der Waals surface area contributed by atoms with Gasteiger partial charge in [0.25, 0.3) is 0 Å². The number of amides is 1. The Morgan fingerprint density at radius 2 is 2.09 bits per heavy atom. The molecule has 0 aliphatic rings. The highest BCUT2D eigenvalue weighted by Gasteiger charge is 2.17. The highest BCUT2D eigenvalue weighted by Crippen LogP contribution is 2.17. The van der Waals surface area contributed by atoms with Gasteiger partial charge in [0, 0.05) is 17.2 Å². The normalized spacial score (nSPS) is 12.0. The molecule has 6 heteroatoms. The first-order valence-corrected chi connectivity index (χ1v) is 8.39. The van der Waals surface area contributed by atoms with E-state index in [0.717, 1.165) is 17.0 Å². The molecule has 3 N–H and O–H groups in total. The smallest absolute Gasteiger partial charge is 0.306 e. The minimum Gasteiger partial charge on any atom is -0.469 e. The molecule has 0 radical (unpaired) electrons. The van der Waals surface area contributed by atoms with Gasteiger partial charge in [0.2, 0.25) is 5.91 Å². The number of benzene rings is 1. The zero-order valence-electron chi connectivity index (χ0n) is 13.3. The summed E-state index contributed by atoms with van der Waals surface area (Å²) >= 11 is 1.65. The summed E-state index contributed by atoms with van der Waals surface area (Å²) in [6.07, 6.45) is 0.404. The molecule has 1 rings (SSSR count). The second-order valence-corrected chi connectivity index (χ2v) is 6.44. The van der Waals surface area contributed by atoms with Crippen molar-refractivity contribution in [2.45, 2.75) is 32.1 Å². The van der Waals surface area contributed by atoms with E-state index in [2.05, 4.69) is 10.1 Å². The number of hydrogen-bond acceptors (Lipinski definition) is 5. The van der Waals surface area contributed by atoms with Crippen molar-refractivity contribution >= 4 is 29.3 Å². The van der Waals surface area contributed by atoms with Gasteiger partial charge in [0.05, 0.1) is 19.6 Å². The topological polar surface area (TPSA) is 81.4 Å². The van der Waals surface area contributed by atoms with E-state index in [0.29, 0.717) is 12.2 Å². The van der Waals surface area contributed by atoms with Crippen LogP contribution in [0.4, 0.5) is 5.69 Å². The van der Waals surface area contributed by atoms with E-state index in [1.54, 1.807) is 11.8 Å². The van der Waals surface area contributed by atoms with Gasteiger partial charge in [-0.2, -0.15) is 11.8 Å². The third-order valence-electron chi connectivity index (χ3n) is 3.16. The van der Waals surface area contributed by atoms with Gasteiger partial charge in [-0.15, -0.1) is 0 Å². The molecule has 1 amide bonds. The van der Waals surface area contributed by atoms with Gasteiger partial charge >= 0.3 is 5.97 Å². The van der Waals surface area contributed by atoms with E-state index in [-0.39, 0.29) is 17.8 Å². The van der Waals surface area contributed by atoms with Gasteiger partial charge in [-0.25, -0.2) is 0 Å². The molecular formula is C16H24N2O3S. The Bertz CT molecular complexity index is 506. The number of ether oxygens (including phenoxy) is 1. The molecule has 0 saturated heterocycles. The van der Waals surface area contributed by atoms with Crippen LogP contribution in [0.3, 0.4) is 0 Å². The Morgan fingerprint density at radius 1 is 1.36 bits per heavy atom. The summed E-state index contributed by atoms with van der Waals surface area (Å²) in [4.78, 5) is 23.0. The lowest BCUT2D eigenvalue weighted by molar-refractivity contribution is -0.140. The lowest BCUT2D eigenvalue weighted by Gasteiger charge is -2.15. The number of carbonyl (C=O) groups excluding carboxylic acids is 2. The molecule has 0 unspecified atom stereocenters. The van der Waals surface area contributed by atoms with Crippen LogP contribution in [0, 0.1) is 5.92 Å². The largest absolute Gasteiger partial charge is 0.469 e. The number of anilines is 1. The monoisotopic (exact) mass is 324 g/mol. The number of methoxy groups -OCH3 is 1. The second kappa shape index (κ2) is 9.48. The quantitative estimate of drug-likeness (QED) is 0.567. The molecule has 0 aliphatic heterocycles. The van der Waals surface area contributed by atoms with Crippen LogP contribution in [0.25, 0.3) is 0 Å². The number of rotatable bonds is 8. The number of hydrogen-bond donors (Lipinski definition) is 2. The van der Waals surface area contributed by atoms with Crippen LogP contribution in [0.5, 0.6) is 0 Å². The van der Waals surface area contributed by atoms with Crippen molar-refractivity contribution in [2.75, 3.05) is 18.2 Å². The van der Waals surface area contributed by atoms with E-state index in [1.807, 2.05) is 38.1 Å². The fourth-order valence-electron chi connectivity index (χ4n) is 1.71. The van der Waals surface area contributed by atoms with Crippen molar-refractivity contribution in [1.82, 2.24) is 0 Å². The molecule has 1 aromatic carbocycles. The second-order valence-electron chi connectivity index (χ2n) is 5.34. The van der Waals surface area contributed by atoms with Gasteiger partial charge in [0.1, 0.15) is 0 Å². The summed E-state index contributed by atoms with van der Waals surface area (Å²) in [5.41, 5.74) is 7.66. The Labute approximate surface area is 136 Å². The summed E-state index contributed by atoms with van der Waals surface area (Å²) in [5.74, 6) is 1.21. The maximum atomic E-state index is 11.9. The van der Waals surface area contributed by atoms with Crippen LogP contribution in [0.15, 0.2) is 24.3 Å². The van der Waals surface area contributed by atoms with Crippen molar-refractivity contribution < 1.29 is 14.3 Å². The van der Waals surface area contributed by atoms with Crippen LogP contribution in [-0.4, -0.2) is 30.8 Å². The first-order valence-electron chi connectivity index (χ1n) is 7.24. The van der Waals surface area contributed by atoms with Crippen LogP contribution in [0.1, 0.15) is 25.8 Å². The molecule has 0 bridgehead atoms. The third-order valence-corrected chi connectivity index (χ3v) is 4.19. The third kappa shape index (κ3) is 6.49. The number of nitrogens with one attached hydrogen (secondary N) is 1. The van der Waals surface area contributed by atoms with Crippen LogP contribution < -0.4 is 11.1 Å². The molecule has 22 heavy (non-hydrogen) atoms. The van der Waals surface area contributed by atoms with Gasteiger partial charge in [-0.3, -0.25) is 9.59 Å². The summed E-state index contributed by atoms with van der Waals surface area (Å²) in [6.45, 7) is 3.83. The van der Waals surface area contributed by atoms with Crippen LogP contribution >= 0.6 is 11.8 Å². The van der Waals surface area contributed by atoms with Gasteiger partial charge in [-0.05, 0) is 23.6 Å². The van der Waals surface area contributed by atoms with E-state index in [1.165, 1.54) is 7.11 Å². The highest BCUT2D eigenvalue weighted by molar-refractivity contribution is 7.98. The van der Waals surface area contributed by atoms with E-state index < -0.39 is 6.04 Å². The predicted octanol–water partition coefficient (Wildman–Crippen LogP) is 2.40. The first kappa shape index (κ1) is 18.5. The van der Waals surface area contributed by atoms with E-state index in [9.17, 15) is 9.59 Å². The fourth-order valence-corrected chi connectivity index (χ4v) is 2.59. The van der Waals surface area contributed by atoms with Crippen LogP contribution in [0.2, 0.25) is 0 Å². The summed E-state index contributed by atoms with van der Waals surface area (Å²) < 4.78 is 4.60. The van der Waals surface area contributed by atoms with Crippen molar-refractivity contribution in [1.29, 1.82) is 0 Å². The van der Waals surface area contributed by atoms with Gasteiger partial charge in [-0.1, -0.05) is 26.0 Å². The highest BCUT2D eigenvalue weighted by atomic mass is 32.2. The first-order chi connectivity index (χ1) is 10.4. The maximum Gasteiger partial charge on any atom is 0.306 e. The molecule has 0 spiro atoms. The molecule has 5 nitrogen and oxygen atoms in total. The summed E-state index contributed by atoms with van der Waals surface area (Å²) in [6, 6.07) is 7.14. The molecule has 122 valence electrons. The van der Waals surface area contributed by atoms with Gasteiger partial charge < -0.3 is 15.8 Å². The molecule has 1 atom stereocenters. The number of thioether (sulfide) groups is 1. The van der Waals surface area contributed by atoms with Crippen LogP contribution in [-0.2, 0) is 20.1 Å². The average molecular weight is 324 g/mol. The Kier molecular flexibility index (Phi) is 7.98. The molecule has 0 heterocycles. The summed E-state index contributed by atoms with van der Waals surface area (Å²) in [5, 5.41) is 2.83. The van der Waals surface area contributed by atoms with E-state index >= 15 is 0 Å². The predicted molar refractivity (Wildman–Crippen MR) is 90.7 cm³/mol. The zero-order chi connectivity index (χ0) is 16.5. The lowest BCUT2D eigenvalue weighted by Crippen LogP contribution is -2.39. The average Bonchev–Trinajstić information content (AvgIpc) is 2.50. The number of esters is 1. The SMILES string of the molecule is COC(=O)CCSCc1cccc(NC(=O)[C@@H](N)C(C)C)c1. The molecule has 0 aliphatic carbocycles. The van der Waals surface area contributed by atoms with Gasteiger partial charge in [0.15, 0.2) is 0 Å². The Morgan fingerprint density at radius 3 is 2.73 bits per heavy atom. The lowest BCUT2D eigenvalue weighted by atomic mass is 10.0. The van der Waals surface area contributed by atoms with Crippen molar-refractivity contribution in [2.24, 2.45) is 11.7 Å². The fraction of sp³-hybridized carbons (Fsp3) is 0.500. The minimum absolute atomic E-state index is 0.0945. The van der Waals surface area contributed by atoms with Crippen molar-refractivity contribution in [3.63, 3.8) is 0 Å². The Hall–Kier alpha value is -1.53.